The summed E-state index contributed by atoms with van der Waals surface area (Å²) in [5, 5.41) is 22.6. The van der Waals surface area contributed by atoms with Crippen LogP contribution in [-0.4, -0.2) is 28.9 Å². The molecule has 30 heavy (non-hydrogen) atoms. The Morgan fingerprint density at radius 1 is 1.20 bits per heavy atom. The Morgan fingerprint density at radius 3 is 2.80 bits per heavy atom. The van der Waals surface area contributed by atoms with Gasteiger partial charge in [0, 0.05) is 17.2 Å². The van der Waals surface area contributed by atoms with E-state index in [9.17, 15) is 13.5 Å². The number of nitrogens with one attached hydrogen (secondary N) is 1. The molecule has 2 aliphatic carbocycles. The smallest absolute Gasteiger partial charge is 0.258 e. The maximum absolute atomic E-state index is 12.4. The normalized spacial score (nSPS) is 18.2. The van der Waals surface area contributed by atoms with Gasteiger partial charge in [0.05, 0.1) is 10.8 Å². The van der Waals surface area contributed by atoms with Crippen molar-refractivity contribution < 1.29 is 18.0 Å². The molecule has 9 heteroatoms. The molecule has 1 fully saturated rings. The van der Waals surface area contributed by atoms with Crippen molar-refractivity contribution in [2.45, 2.75) is 37.0 Å². The highest BCUT2D eigenvalue weighted by molar-refractivity contribution is 7.90. The van der Waals surface area contributed by atoms with Gasteiger partial charge in [0.15, 0.2) is 0 Å². The van der Waals surface area contributed by atoms with Crippen molar-refractivity contribution in [2.75, 3.05) is 0 Å². The maximum Gasteiger partial charge on any atom is 0.258 e. The van der Waals surface area contributed by atoms with Crippen molar-refractivity contribution in [1.29, 1.82) is 5.26 Å². The van der Waals surface area contributed by atoms with Gasteiger partial charge >= 0.3 is 0 Å². The fourth-order valence-electron chi connectivity index (χ4n) is 3.87. The van der Waals surface area contributed by atoms with Gasteiger partial charge in [-0.3, -0.25) is 0 Å². The molecule has 0 unspecified atom stereocenters. The number of nitrogens with zero attached hydrogens (tertiary/aromatic N) is 3. The largest absolute Gasteiger partial charge is 0.507 e. The van der Waals surface area contributed by atoms with Crippen molar-refractivity contribution >= 4 is 10.0 Å². The summed E-state index contributed by atoms with van der Waals surface area (Å²) in [6.07, 6.45) is 2.86. The summed E-state index contributed by atoms with van der Waals surface area (Å²) in [6.45, 7) is 0. The molecule has 0 aliphatic heterocycles. The number of phenolic OH excluding ortho intramolecular Hbond substituents is 1. The van der Waals surface area contributed by atoms with E-state index in [0.29, 0.717) is 24.2 Å². The summed E-state index contributed by atoms with van der Waals surface area (Å²) in [7, 11) is -3.28. The Labute approximate surface area is 173 Å². The molecule has 0 amide bonds. The molecule has 5 rings (SSSR count). The first kappa shape index (κ1) is 18.8. The topological polar surface area (TPSA) is 129 Å². The first-order chi connectivity index (χ1) is 14.5. The Morgan fingerprint density at radius 2 is 2.03 bits per heavy atom. The second kappa shape index (κ2) is 6.93. The van der Waals surface area contributed by atoms with Gasteiger partial charge < -0.3 is 9.63 Å². The van der Waals surface area contributed by atoms with Gasteiger partial charge in [0.25, 0.3) is 5.89 Å². The molecule has 2 aromatic carbocycles. The average molecular weight is 422 g/mol. The average Bonchev–Trinajstić information content (AvgIpc) is 3.38. The quantitative estimate of drug-likeness (QED) is 0.646. The highest BCUT2D eigenvalue weighted by atomic mass is 32.2. The highest BCUT2D eigenvalue weighted by Crippen LogP contribution is 2.39. The van der Waals surface area contributed by atoms with Crippen LogP contribution in [-0.2, 0) is 16.4 Å². The molecule has 152 valence electrons. The summed E-state index contributed by atoms with van der Waals surface area (Å²) in [5.74, 6) is 0.531. The third kappa shape index (κ3) is 3.24. The van der Waals surface area contributed by atoms with Crippen LogP contribution in [0.4, 0.5) is 0 Å². The molecule has 2 N–H and O–H groups in total. The molecule has 0 bridgehead atoms. The number of sulfonamides is 1. The van der Waals surface area contributed by atoms with Gasteiger partial charge in [-0.05, 0) is 55.0 Å². The number of hydrogen-bond acceptors (Lipinski definition) is 7. The van der Waals surface area contributed by atoms with Crippen LogP contribution in [0.5, 0.6) is 5.75 Å². The van der Waals surface area contributed by atoms with E-state index in [0.717, 1.165) is 29.5 Å². The van der Waals surface area contributed by atoms with Crippen LogP contribution in [0, 0.1) is 11.3 Å². The van der Waals surface area contributed by atoms with E-state index in [2.05, 4.69) is 14.9 Å². The summed E-state index contributed by atoms with van der Waals surface area (Å²) in [6, 6.07) is 11.9. The Balaban J connectivity index is 1.46. The van der Waals surface area contributed by atoms with Gasteiger partial charge in [-0.2, -0.15) is 10.2 Å². The number of benzene rings is 2. The molecule has 1 heterocycles. The zero-order valence-electron chi connectivity index (χ0n) is 15.9. The highest BCUT2D eigenvalue weighted by Gasteiger charge is 2.38. The molecule has 1 saturated carbocycles. The van der Waals surface area contributed by atoms with Crippen LogP contribution in [0.1, 0.15) is 42.0 Å². The summed E-state index contributed by atoms with van der Waals surface area (Å²) >= 11 is 0. The Kier molecular flexibility index (Phi) is 4.34. The minimum atomic E-state index is -3.28. The number of aromatic hydroxyl groups is 1. The molecule has 3 aromatic rings. The predicted octanol–water partition coefficient (Wildman–Crippen LogP) is 3.05. The summed E-state index contributed by atoms with van der Waals surface area (Å²) in [5.41, 5.74) is 3.41. The monoisotopic (exact) mass is 422 g/mol. The van der Waals surface area contributed by atoms with E-state index in [1.54, 1.807) is 6.07 Å². The van der Waals surface area contributed by atoms with Crippen LogP contribution < -0.4 is 4.72 Å². The third-order valence-corrected chi connectivity index (χ3v) is 7.53. The Bertz CT molecular complexity index is 1290. The Hall–Kier alpha value is -3.22. The number of nitriles is 1. The van der Waals surface area contributed by atoms with Crippen molar-refractivity contribution in [3.05, 3.63) is 53.1 Å². The summed E-state index contributed by atoms with van der Waals surface area (Å²) in [4.78, 5) is 4.46. The van der Waals surface area contributed by atoms with Crippen LogP contribution in [0.15, 0.2) is 40.9 Å². The van der Waals surface area contributed by atoms with E-state index in [4.69, 9.17) is 9.78 Å². The van der Waals surface area contributed by atoms with E-state index < -0.39 is 10.0 Å². The zero-order valence-corrected chi connectivity index (χ0v) is 16.7. The fraction of sp³-hybridized carbons (Fsp3) is 0.286. The molecule has 0 saturated heterocycles. The minimum Gasteiger partial charge on any atom is -0.507 e. The number of rotatable bonds is 5. The molecule has 2 aliphatic rings. The maximum atomic E-state index is 12.4. The number of hydrogen-bond donors (Lipinski definition) is 2. The predicted molar refractivity (Wildman–Crippen MR) is 108 cm³/mol. The van der Waals surface area contributed by atoms with Gasteiger partial charge in [-0.25, -0.2) is 13.1 Å². The lowest BCUT2D eigenvalue weighted by molar-refractivity contribution is 0.432. The van der Waals surface area contributed by atoms with Crippen LogP contribution in [0.3, 0.4) is 0 Å². The van der Waals surface area contributed by atoms with E-state index in [-0.39, 0.29) is 28.5 Å². The number of aromatic nitrogens is 2. The van der Waals surface area contributed by atoms with E-state index in [1.807, 2.05) is 24.3 Å². The lowest BCUT2D eigenvalue weighted by Gasteiger charge is -2.14. The standard InChI is InChI=1S/C21H18N4O4S/c22-11-13-10-12(4-9-19(13)26)21-23-20(24-29-21)17-3-1-2-16-15(17)7-8-18(16)25-30(27,28)14-5-6-14/h1-4,9-10,14,18,25-26H,5-8H2/t18-/m0/s1. The lowest BCUT2D eigenvalue weighted by Crippen LogP contribution is -2.30. The first-order valence-electron chi connectivity index (χ1n) is 9.67. The van der Waals surface area contributed by atoms with Crippen molar-refractivity contribution in [1.82, 2.24) is 14.9 Å². The van der Waals surface area contributed by atoms with Crippen molar-refractivity contribution in [3.63, 3.8) is 0 Å². The van der Waals surface area contributed by atoms with E-state index in [1.165, 1.54) is 12.1 Å². The fourth-order valence-corrected chi connectivity index (χ4v) is 5.46. The SMILES string of the molecule is N#Cc1cc(-c2nc(-c3cccc4c3CC[C@@H]4NS(=O)(=O)C3CC3)no2)ccc1O. The van der Waals surface area contributed by atoms with Crippen molar-refractivity contribution in [2.24, 2.45) is 0 Å². The minimum absolute atomic E-state index is 0.110. The molecule has 0 radical (unpaired) electrons. The van der Waals surface area contributed by atoms with Gasteiger partial charge in [0.2, 0.25) is 15.8 Å². The molecule has 1 aromatic heterocycles. The third-order valence-electron chi connectivity index (χ3n) is 5.57. The second-order valence-corrected chi connectivity index (χ2v) is 9.59. The molecule has 8 nitrogen and oxygen atoms in total. The number of phenols is 1. The molecular formula is C21H18N4O4S. The van der Waals surface area contributed by atoms with Crippen LogP contribution in [0.2, 0.25) is 0 Å². The number of fused-ring (bicyclic) bond motifs is 1. The first-order valence-corrected chi connectivity index (χ1v) is 11.2. The van der Waals surface area contributed by atoms with Gasteiger partial charge in [0.1, 0.15) is 11.8 Å². The van der Waals surface area contributed by atoms with Gasteiger partial charge in [-0.15, -0.1) is 0 Å². The zero-order chi connectivity index (χ0) is 20.9. The molecule has 1 atom stereocenters. The van der Waals surface area contributed by atoms with Crippen LogP contribution in [0.25, 0.3) is 22.8 Å². The molecule has 0 spiro atoms. The summed E-state index contributed by atoms with van der Waals surface area (Å²) < 4.78 is 33.0. The lowest BCUT2D eigenvalue weighted by atomic mass is 10.0. The van der Waals surface area contributed by atoms with E-state index >= 15 is 0 Å². The second-order valence-electron chi connectivity index (χ2n) is 7.59. The van der Waals surface area contributed by atoms with Crippen LogP contribution >= 0.6 is 0 Å². The molecular weight excluding hydrogens is 404 g/mol. The van der Waals surface area contributed by atoms with Crippen molar-refractivity contribution in [3.8, 4) is 34.7 Å². The van der Waals surface area contributed by atoms with Gasteiger partial charge in [-0.1, -0.05) is 23.4 Å².